The molecule has 0 fully saturated rings. The highest BCUT2D eigenvalue weighted by Crippen LogP contribution is 2.06. The number of hydrogen-bond acceptors (Lipinski definition) is 1. The predicted octanol–water partition coefficient (Wildman–Crippen LogP) is 2.90. The third-order valence-corrected chi connectivity index (χ3v) is 2.75. The zero-order valence-corrected chi connectivity index (χ0v) is 10.3. The number of carbonyl (C=O) groups excluding carboxylic acids is 1. The van der Waals surface area contributed by atoms with Gasteiger partial charge in [-0.2, -0.15) is 0 Å². The van der Waals surface area contributed by atoms with Crippen LogP contribution in [-0.2, 0) is 4.79 Å². The van der Waals surface area contributed by atoms with E-state index >= 15 is 0 Å². The number of hydrogen-bond donors (Lipinski definition) is 0. The van der Waals surface area contributed by atoms with E-state index in [2.05, 4.69) is 13.8 Å². The molecule has 1 amide bonds. The molecule has 1 unspecified atom stereocenters. The van der Waals surface area contributed by atoms with Gasteiger partial charge in [-0.25, -0.2) is 0 Å². The second kappa shape index (κ2) is 8.10. The average Bonchev–Trinajstić information content (AvgIpc) is 2.21. The van der Waals surface area contributed by atoms with Gasteiger partial charge in [0.25, 0.3) is 0 Å². The molecular weight excluding hydrogens is 198 g/mol. The maximum atomic E-state index is 11.7. The smallest absolute Gasteiger partial charge is 0.222 e. The summed E-state index contributed by atoms with van der Waals surface area (Å²) in [4.78, 5) is 13.6. The van der Waals surface area contributed by atoms with E-state index < -0.39 is 0 Å². The van der Waals surface area contributed by atoms with Crippen molar-refractivity contribution in [1.82, 2.24) is 4.90 Å². The van der Waals surface area contributed by atoms with E-state index in [1.807, 2.05) is 11.8 Å². The van der Waals surface area contributed by atoms with Gasteiger partial charge in [0.2, 0.25) is 5.91 Å². The van der Waals surface area contributed by atoms with Crippen molar-refractivity contribution < 1.29 is 4.79 Å². The lowest BCUT2D eigenvalue weighted by Crippen LogP contribution is -2.34. The van der Waals surface area contributed by atoms with Gasteiger partial charge in [-0.05, 0) is 19.3 Å². The molecule has 84 valence electrons. The van der Waals surface area contributed by atoms with Gasteiger partial charge in [-0.3, -0.25) is 4.79 Å². The van der Waals surface area contributed by atoms with Crippen LogP contribution in [0.4, 0.5) is 0 Å². The molecule has 0 bridgehead atoms. The molecule has 0 rings (SSSR count). The number of nitrogens with zero attached hydrogens (tertiary/aromatic N) is 1. The van der Waals surface area contributed by atoms with Gasteiger partial charge in [-0.1, -0.05) is 20.3 Å². The van der Waals surface area contributed by atoms with Crippen molar-refractivity contribution in [1.29, 1.82) is 0 Å². The molecule has 0 saturated carbocycles. The summed E-state index contributed by atoms with van der Waals surface area (Å²) in [6.45, 7) is 8.06. The van der Waals surface area contributed by atoms with E-state index in [4.69, 9.17) is 11.6 Å². The van der Waals surface area contributed by atoms with Crippen LogP contribution in [0.5, 0.6) is 0 Å². The van der Waals surface area contributed by atoms with Crippen LogP contribution in [0.2, 0.25) is 0 Å². The fourth-order valence-electron chi connectivity index (χ4n) is 1.29. The first-order valence-electron chi connectivity index (χ1n) is 5.49. The summed E-state index contributed by atoms with van der Waals surface area (Å²) in [7, 11) is 0. The van der Waals surface area contributed by atoms with Gasteiger partial charge in [0.15, 0.2) is 0 Å². The molecule has 3 heteroatoms. The third-order valence-electron chi connectivity index (χ3n) is 2.49. The van der Waals surface area contributed by atoms with Crippen LogP contribution in [0.15, 0.2) is 0 Å². The second-order valence-electron chi connectivity index (χ2n) is 3.74. The number of carbonyl (C=O) groups is 1. The SMILES string of the molecule is CCC(C)CN(CC)C(=O)CCCCl. The molecule has 0 N–H and O–H groups in total. The van der Waals surface area contributed by atoms with Gasteiger partial charge in [0.05, 0.1) is 0 Å². The van der Waals surface area contributed by atoms with Crippen molar-refractivity contribution in [2.24, 2.45) is 5.92 Å². The zero-order chi connectivity index (χ0) is 11.0. The molecule has 0 aromatic carbocycles. The first-order valence-corrected chi connectivity index (χ1v) is 6.02. The van der Waals surface area contributed by atoms with Crippen molar-refractivity contribution in [3.8, 4) is 0 Å². The highest BCUT2D eigenvalue weighted by atomic mass is 35.5. The van der Waals surface area contributed by atoms with Crippen molar-refractivity contribution in [3.05, 3.63) is 0 Å². The molecule has 2 nitrogen and oxygen atoms in total. The number of amides is 1. The van der Waals surface area contributed by atoms with Crippen LogP contribution in [0.3, 0.4) is 0 Å². The Morgan fingerprint density at radius 3 is 2.50 bits per heavy atom. The number of rotatable bonds is 7. The lowest BCUT2D eigenvalue weighted by Gasteiger charge is -2.24. The highest BCUT2D eigenvalue weighted by Gasteiger charge is 2.13. The summed E-state index contributed by atoms with van der Waals surface area (Å²) < 4.78 is 0. The minimum absolute atomic E-state index is 0.244. The monoisotopic (exact) mass is 219 g/mol. The second-order valence-corrected chi connectivity index (χ2v) is 4.12. The first-order chi connectivity index (χ1) is 6.65. The van der Waals surface area contributed by atoms with E-state index in [9.17, 15) is 4.79 Å². The van der Waals surface area contributed by atoms with Gasteiger partial charge in [0, 0.05) is 25.4 Å². The molecule has 0 aliphatic rings. The molecule has 0 heterocycles. The average molecular weight is 220 g/mol. The Kier molecular flexibility index (Phi) is 7.96. The summed E-state index contributed by atoms with van der Waals surface area (Å²) >= 11 is 5.56. The number of alkyl halides is 1. The van der Waals surface area contributed by atoms with E-state index in [1.165, 1.54) is 0 Å². The Morgan fingerprint density at radius 2 is 2.07 bits per heavy atom. The summed E-state index contributed by atoms with van der Waals surface area (Å²) in [5, 5.41) is 0. The van der Waals surface area contributed by atoms with E-state index in [0.29, 0.717) is 18.2 Å². The first kappa shape index (κ1) is 13.8. The topological polar surface area (TPSA) is 20.3 Å². The van der Waals surface area contributed by atoms with Crippen LogP contribution >= 0.6 is 11.6 Å². The summed E-state index contributed by atoms with van der Waals surface area (Å²) in [6, 6.07) is 0. The Labute approximate surface area is 92.6 Å². The van der Waals surface area contributed by atoms with Gasteiger partial charge in [0.1, 0.15) is 0 Å². The Hall–Kier alpha value is -0.240. The fraction of sp³-hybridized carbons (Fsp3) is 0.909. The lowest BCUT2D eigenvalue weighted by atomic mass is 10.1. The molecule has 0 saturated heterocycles. The molecular formula is C11H22ClNO. The summed E-state index contributed by atoms with van der Waals surface area (Å²) in [6.07, 6.45) is 2.50. The van der Waals surface area contributed by atoms with Crippen LogP contribution in [0.1, 0.15) is 40.0 Å². The molecule has 0 aliphatic heterocycles. The minimum atomic E-state index is 0.244. The van der Waals surface area contributed by atoms with E-state index in [-0.39, 0.29) is 5.91 Å². The maximum absolute atomic E-state index is 11.7. The molecule has 0 radical (unpaired) electrons. The Bertz CT molecular complexity index is 161. The van der Waals surface area contributed by atoms with Crippen molar-refractivity contribution in [3.63, 3.8) is 0 Å². The molecule has 0 spiro atoms. The predicted molar refractivity (Wildman–Crippen MR) is 61.7 cm³/mol. The molecule has 1 atom stereocenters. The zero-order valence-electron chi connectivity index (χ0n) is 9.55. The Morgan fingerprint density at radius 1 is 1.43 bits per heavy atom. The summed E-state index contributed by atoms with van der Waals surface area (Å²) in [5.74, 6) is 1.41. The van der Waals surface area contributed by atoms with Crippen LogP contribution in [0.25, 0.3) is 0 Å². The quantitative estimate of drug-likeness (QED) is 0.603. The fourth-order valence-corrected chi connectivity index (χ4v) is 1.42. The van der Waals surface area contributed by atoms with Crippen LogP contribution in [-0.4, -0.2) is 29.8 Å². The number of halogens is 1. The van der Waals surface area contributed by atoms with Crippen molar-refractivity contribution in [2.45, 2.75) is 40.0 Å². The van der Waals surface area contributed by atoms with Gasteiger partial charge >= 0.3 is 0 Å². The maximum Gasteiger partial charge on any atom is 0.222 e. The molecule has 0 aromatic heterocycles. The minimum Gasteiger partial charge on any atom is -0.343 e. The lowest BCUT2D eigenvalue weighted by molar-refractivity contribution is -0.131. The molecule has 0 aliphatic carbocycles. The Balaban J connectivity index is 3.92. The van der Waals surface area contributed by atoms with Gasteiger partial charge in [-0.15, -0.1) is 11.6 Å². The van der Waals surface area contributed by atoms with Crippen molar-refractivity contribution >= 4 is 17.5 Å². The normalized spacial score (nSPS) is 12.6. The molecule has 14 heavy (non-hydrogen) atoms. The molecule has 0 aromatic rings. The standard InChI is InChI=1S/C11H22ClNO/c1-4-10(3)9-13(5-2)11(14)7-6-8-12/h10H,4-9H2,1-3H3. The van der Waals surface area contributed by atoms with E-state index in [1.54, 1.807) is 0 Å². The van der Waals surface area contributed by atoms with Crippen LogP contribution < -0.4 is 0 Å². The summed E-state index contributed by atoms with van der Waals surface area (Å²) in [5.41, 5.74) is 0. The van der Waals surface area contributed by atoms with E-state index in [0.717, 1.165) is 25.9 Å². The largest absolute Gasteiger partial charge is 0.343 e. The van der Waals surface area contributed by atoms with Crippen LogP contribution in [0, 0.1) is 5.92 Å². The highest BCUT2D eigenvalue weighted by molar-refractivity contribution is 6.17. The third kappa shape index (κ3) is 5.48. The van der Waals surface area contributed by atoms with Gasteiger partial charge < -0.3 is 4.90 Å². The van der Waals surface area contributed by atoms with Crippen molar-refractivity contribution in [2.75, 3.05) is 19.0 Å².